The zero-order valence-electron chi connectivity index (χ0n) is 14.1. The van der Waals surface area contributed by atoms with Crippen molar-refractivity contribution in [1.29, 1.82) is 0 Å². The first-order valence-corrected chi connectivity index (χ1v) is 8.95. The average Bonchev–Trinajstić information content (AvgIpc) is 3.15. The second kappa shape index (κ2) is 6.85. The summed E-state index contributed by atoms with van der Waals surface area (Å²) in [5, 5.41) is 15.2. The van der Waals surface area contributed by atoms with Crippen molar-refractivity contribution < 1.29 is 9.63 Å². The highest BCUT2D eigenvalue weighted by Gasteiger charge is 2.22. The van der Waals surface area contributed by atoms with Crippen molar-refractivity contribution in [2.75, 3.05) is 0 Å². The van der Waals surface area contributed by atoms with Crippen LogP contribution in [0.1, 0.15) is 0 Å². The number of halogens is 1. The van der Waals surface area contributed by atoms with Crippen LogP contribution < -0.4 is 5.56 Å². The Balaban J connectivity index is 1.95. The molecule has 0 aliphatic heterocycles. The van der Waals surface area contributed by atoms with E-state index in [9.17, 15) is 9.90 Å². The second-order valence-electron chi connectivity index (χ2n) is 5.88. The molecule has 0 atom stereocenters. The molecule has 4 aromatic rings. The van der Waals surface area contributed by atoms with Gasteiger partial charge in [-0.2, -0.15) is 4.98 Å². The first-order valence-electron chi connectivity index (χ1n) is 8.15. The van der Waals surface area contributed by atoms with Crippen LogP contribution in [0.2, 0.25) is 0 Å². The van der Waals surface area contributed by atoms with Crippen LogP contribution in [-0.4, -0.2) is 19.8 Å². The summed E-state index contributed by atoms with van der Waals surface area (Å²) in [6, 6.07) is 14.5. The van der Waals surface area contributed by atoms with Crippen molar-refractivity contribution in [2.45, 2.75) is 6.54 Å². The molecular weight excluding hydrogens is 410 g/mol. The molecule has 0 spiro atoms. The van der Waals surface area contributed by atoms with Crippen LogP contribution in [0, 0.1) is 0 Å². The Hall–Kier alpha value is -3.19. The predicted molar refractivity (Wildman–Crippen MR) is 106 cm³/mol. The minimum atomic E-state index is -0.421. The zero-order valence-corrected chi connectivity index (χ0v) is 15.7. The van der Waals surface area contributed by atoms with Crippen LogP contribution in [0.3, 0.4) is 0 Å². The number of hydrogen-bond donors (Lipinski definition) is 1. The van der Waals surface area contributed by atoms with Gasteiger partial charge < -0.3 is 14.2 Å². The Morgan fingerprint density at radius 1 is 1.22 bits per heavy atom. The Labute approximate surface area is 162 Å². The van der Waals surface area contributed by atoms with Gasteiger partial charge in [-0.25, -0.2) is 0 Å². The molecular formula is C20H14BrN3O3. The van der Waals surface area contributed by atoms with Crippen LogP contribution in [-0.2, 0) is 6.54 Å². The van der Waals surface area contributed by atoms with Crippen molar-refractivity contribution >= 4 is 26.8 Å². The third-order valence-electron chi connectivity index (χ3n) is 4.18. The molecule has 134 valence electrons. The van der Waals surface area contributed by atoms with E-state index in [1.165, 1.54) is 4.57 Å². The topological polar surface area (TPSA) is 81.2 Å². The van der Waals surface area contributed by atoms with Crippen LogP contribution in [0.5, 0.6) is 5.75 Å². The summed E-state index contributed by atoms with van der Waals surface area (Å²) in [5.74, 6) is 0.116. The van der Waals surface area contributed by atoms with Gasteiger partial charge in [0.1, 0.15) is 11.3 Å². The van der Waals surface area contributed by atoms with E-state index in [4.69, 9.17) is 4.52 Å². The molecule has 0 fully saturated rings. The van der Waals surface area contributed by atoms with Crippen molar-refractivity contribution in [3.05, 3.63) is 76.0 Å². The third kappa shape index (κ3) is 2.96. The molecule has 0 bridgehead atoms. The number of aromatic nitrogens is 3. The average molecular weight is 424 g/mol. The van der Waals surface area contributed by atoms with E-state index in [0.717, 1.165) is 10.0 Å². The number of rotatable bonds is 4. The van der Waals surface area contributed by atoms with Gasteiger partial charge in [-0.3, -0.25) is 4.79 Å². The maximum atomic E-state index is 13.0. The van der Waals surface area contributed by atoms with Gasteiger partial charge in [-0.05, 0) is 24.3 Å². The molecule has 0 radical (unpaired) electrons. The summed E-state index contributed by atoms with van der Waals surface area (Å²) in [4.78, 5) is 17.3. The van der Waals surface area contributed by atoms with Crippen molar-refractivity contribution in [3.8, 4) is 28.6 Å². The molecule has 0 amide bonds. The normalized spacial score (nSPS) is 11.0. The van der Waals surface area contributed by atoms with Crippen molar-refractivity contribution in [3.63, 3.8) is 0 Å². The lowest BCUT2D eigenvalue weighted by Gasteiger charge is -2.11. The number of benzene rings is 2. The molecule has 6 nitrogen and oxygen atoms in total. The van der Waals surface area contributed by atoms with Gasteiger partial charge in [-0.1, -0.05) is 51.4 Å². The standard InChI is InChI=1S/C20H14BrN3O3/c1-2-10-24-15-9-4-3-8-14(15)17(25)16(20(24)26)19-22-18(23-27-19)12-6-5-7-13(21)11-12/h2-9,11,25H,1,10H2. The second-order valence-corrected chi connectivity index (χ2v) is 6.79. The highest BCUT2D eigenvalue weighted by molar-refractivity contribution is 9.10. The maximum Gasteiger partial charge on any atom is 0.268 e. The predicted octanol–water partition coefficient (Wildman–Crippen LogP) is 4.37. The van der Waals surface area contributed by atoms with Gasteiger partial charge in [0, 0.05) is 22.0 Å². The highest BCUT2D eigenvalue weighted by Crippen LogP contribution is 2.33. The first kappa shape index (κ1) is 17.2. The molecule has 2 aromatic carbocycles. The lowest BCUT2D eigenvalue weighted by atomic mass is 10.1. The number of para-hydroxylation sites is 1. The highest BCUT2D eigenvalue weighted by atomic mass is 79.9. The Morgan fingerprint density at radius 2 is 2.04 bits per heavy atom. The monoisotopic (exact) mass is 423 g/mol. The Kier molecular flexibility index (Phi) is 4.37. The van der Waals surface area contributed by atoms with Crippen molar-refractivity contribution in [2.24, 2.45) is 0 Å². The molecule has 4 rings (SSSR count). The number of hydrogen-bond acceptors (Lipinski definition) is 5. The largest absolute Gasteiger partial charge is 0.506 e. The number of aromatic hydroxyl groups is 1. The van der Waals surface area contributed by atoms with E-state index in [-0.39, 0.29) is 17.2 Å². The van der Waals surface area contributed by atoms with Gasteiger partial charge in [-0.15, -0.1) is 6.58 Å². The van der Waals surface area contributed by atoms with Gasteiger partial charge in [0.15, 0.2) is 0 Å². The summed E-state index contributed by atoms with van der Waals surface area (Å²) in [6.45, 7) is 3.99. The molecule has 7 heteroatoms. The SMILES string of the molecule is C=CCn1c(=O)c(-c2nc(-c3cccc(Br)c3)no2)c(O)c2ccccc21. The summed E-state index contributed by atoms with van der Waals surface area (Å²) < 4.78 is 7.70. The molecule has 0 saturated heterocycles. The van der Waals surface area contributed by atoms with Crippen LogP contribution >= 0.6 is 15.9 Å². The lowest BCUT2D eigenvalue weighted by Crippen LogP contribution is -2.22. The summed E-state index contributed by atoms with van der Waals surface area (Å²) >= 11 is 3.40. The van der Waals surface area contributed by atoms with E-state index in [2.05, 4.69) is 32.6 Å². The molecule has 0 unspecified atom stereocenters. The number of allylic oxidation sites excluding steroid dienone is 1. The fourth-order valence-electron chi connectivity index (χ4n) is 2.96. The van der Waals surface area contributed by atoms with Crippen LogP contribution in [0.4, 0.5) is 0 Å². The molecule has 27 heavy (non-hydrogen) atoms. The lowest BCUT2D eigenvalue weighted by molar-refractivity contribution is 0.425. The Morgan fingerprint density at radius 3 is 2.81 bits per heavy atom. The Bertz CT molecular complexity index is 1230. The molecule has 0 aliphatic rings. The van der Waals surface area contributed by atoms with E-state index in [1.54, 1.807) is 30.3 Å². The summed E-state index contributed by atoms with van der Waals surface area (Å²) in [5.41, 5.74) is 0.890. The molecule has 2 aromatic heterocycles. The summed E-state index contributed by atoms with van der Waals surface area (Å²) in [7, 11) is 0. The van der Waals surface area contributed by atoms with Gasteiger partial charge >= 0.3 is 0 Å². The molecule has 1 N–H and O–H groups in total. The van der Waals surface area contributed by atoms with Crippen LogP contribution in [0.25, 0.3) is 33.7 Å². The maximum absolute atomic E-state index is 13.0. The number of pyridine rings is 1. The first-order chi connectivity index (χ1) is 13.1. The smallest absolute Gasteiger partial charge is 0.268 e. The van der Waals surface area contributed by atoms with E-state index in [0.29, 0.717) is 23.3 Å². The zero-order chi connectivity index (χ0) is 19.0. The molecule has 2 heterocycles. The van der Waals surface area contributed by atoms with E-state index >= 15 is 0 Å². The van der Waals surface area contributed by atoms with Crippen molar-refractivity contribution in [1.82, 2.24) is 14.7 Å². The molecule has 0 saturated carbocycles. The number of nitrogens with zero attached hydrogens (tertiary/aromatic N) is 3. The van der Waals surface area contributed by atoms with E-state index < -0.39 is 5.56 Å². The summed E-state index contributed by atoms with van der Waals surface area (Å²) in [6.07, 6.45) is 1.62. The van der Waals surface area contributed by atoms with Crippen LogP contribution in [0.15, 0.2) is 75.0 Å². The fourth-order valence-corrected chi connectivity index (χ4v) is 3.36. The molecule has 0 aliphatic carbocycles. The van der Waals surface area contributed by atoms with E-state index in [1.807, 2.05) is 24.3 Å². The number of fused-ring (bicyclic) bond motifs is 1. The van der Waals surface area contributed by atoms with Gasteiger partial charge in [0.25, 0.3) is 11.4 Å². The third-order valence-corrected chi connectivity index (χ3v) is 4.67. The fraction of sp³-hybridized carbons (Fsp3) is 0.0500. The minimum Gasteiger partial charge on any atom is -0.506 e. The minimum absolute atomic E-state index is 0.0238. The van der Waals surface area contributed by atoms with Gasteiger partial charge in [0.05, 0.1) is 5.52 Å². The quantitative estimate of drug-likeness (QED) is 0.492. The van der Waals surface area contributed by atoms with Gasteiger partial charge in [0.2, 0.25) is 5.82 Å².